The molecule has 0 radical (unpaired) electrons. The van der Waals surface area contributed by atoms with E-state index < -0.39 is 0 Å². The second kappa shape index (κ2) is 6.88. The molecule has 130 valence electrons. The van der Waals surface area contributed by atoms with E-state index in [4.69, 9.17) is 4.74 Å². The van der Waals surface area contributed by atoms with Crippen molar-refractivity contribution in [3.8, 4) is 17.4 Å². The molecule has 1 aliphatic rings. The van der Waals surface area contributed by atoms with Gasteiger partial charge in [-0.3, -0.25) is 4.79 Å². The third-order valence-corrected chi connectivity index (χ3v) is 4.39. The van der Waals surface area contributed by atoms with Gasteiger partial charge in [0, 0.05) is 24.5 Å². The first-order valence-electron chi connectivity index (χ1n) is 8.54. The molecule has 5 heteroatoms. The fourth-order valence-corrected chi connectivity index (χ4v) is 3.18. The minimum absolute atomic E-state index is 0.0938. The number of pyridine rings is 1. The summed E-state index contributed by atoms with van der Waals surface area (Å²) in [5.41, 5.74) is 2.51. The molecule has 0 spiro atoms. The molecule has 26 heavy (non-hydrogen) atoms. The van der Waals surface area contributed by atoms with Gasteiger partial charge in [-0.15, -0.1) is 0 Å². The van der Waals surface area contributed by atoms with Gasteiger partial charge < -0.3 is 14.7 Å². The average molecular weight is 346 g/mol. The van der Waals surface area contributed by atoms with E-state index in [1.807, 2.05) is 18.2 Å². The van der Waals surface area contributed by atoms with Gasteiger partial charge in [0.1, 0.15) is 17.1 Å². The Kier molecular flexibility index (Phi) is 4.27. The van der Waals surface area contributed by atoms with Crippen LogP contribution in [0.3, 0.4) is 0 Å². The molecule has 1 N–H and O–H groups in total. The molecule has 5 nitrogen and oxygen atoms in total. The van der Waals surface area contributed by atoms with Crippen LogP contribution in [0.1, 0.15) is 22.3 Å². The van der Waals surface area contributed by atoms with Gasteiger partial charge in [-0.05, 0) is 48.7 Å². The van der Waals surface area contributed by atoms with Crippen LogP contribution in [-0.2, 0) is 6.42 Å². The Hall–Kier alpha value is -3.34. The maximum absolute atomic E-state index is 13.2. The molecular weight excluding hydrogens is 328 g/mol. The van der Waals surface area contributed by atoms with Crippen molar-refractivity contribution < 1.29 is 14.6 Å². The normalized spacial score (nSPS) is 13.2. The van der Waals surface area contributed by atoms with E-state index in [2.05, 4.69) is 11.1 Å². The van der Waals surface area contributed by atoms with Gasteiger partial charge in [0.15, 0.2) is 0 Å². The number of ether oxygens (including phenoxy) is 1. The number of hydrogen-bond donors (Lipinski definition) is 1. The molecule has 0 saturated carbocycles. The van der Waals surface area contributed by atoms with E-state index in [1.165, 1.54) is 11.6 Å². The van der Waals surface area contributed by atoms with E-state index in [-0.39, 0.29) is 17.5 Å². The van der Waals surface area contributed by atoms with Crippen LogP contribution in [0, 0.1) is 0 Å². The van der Waals surface area contributed by atoms with Gasteiger partial charge in [-0.25, -0.2) is 4.98 Å². The second-order valence-electron chi connectivity index (χ2n) is 6.14. The predicted molar refractivity (Wildman–Crippen MR) is 98.9 cm³/mol. The van der Waals surface area contributed by atoms with Crippen LogP contribution in [0.5, 0.6) is 17.4 Å². The number of carbonyl (C=O) groups is 1. The van der Waals surface area contributed by atoms with Crippen LogP contribution in [0.4, 0.5) is 5.69 Å². The van der Waals surface area contributed by atoms with Crippen molar-refractivity contribution in [3.63, 3.8) is 0 Å². The fraction of sp³-hybridized carbons (Fsp3) is 0.143. The van der Waals surface area contributed by atoms with E-state index in [0.717, 1.165) is 18.5 Å². The lowest BCUT2D eigenvalue weighted by Crippen LogP contribution is -2.35. The minimum Gasteiger partial charge on any atom is -0.508 e. The molecule has 0 unspecified atom stereocenters. The monoisotopic (exact) mass is 346 g/mol. The van der Waals surface area contributed by atoms with Crippen LogP contribution in [0.2, 0.25) is 0 Å². The molecule has 1 aliphatic heterocycles. The highest BCUT2D eigenvalue weighted by molar-refractivity contribution is 6.08. The maximum Gasteiger partial charge on any atom is 0.263 e. The molecule has 2 heterocycles. The van der Waals surface area contributed by atoms with Crippen molar-refractivity contribution in [2.24, 2.45) is 0 Å². The van der Waals surface area contributed by atoms with Crippen LogP contribution in [0.25, 0.3) is 0 Å². The number of phenolic OH excluding ortho intramolecular Hbond substituents is 1. The summed E-state index contributed by atoms with van der Waals surface area (Å²) in [6, 6.07) is 17.8. The van der Waals surface area contributed by atoms with Crippen molar-refractivity contribution >= 4 is 11.6 Å². The summed E-state index contributed by atoms with van der Waals surface area (Å²) < 4.78 is 5.77. The van der Waals surface area contributed by atoms with Crippen LogP contribution in [-0.4, -0.2) is 22.5 Å². The SMILES string of the molecule is O=C(c1cccnc1Oc1cccc(O)c1)N1CCCc2ccccc21. The minimum atomic E-state index is -0.139. The van der Waals surface area contributed by atoms with Gasteiger partial charge in [-0.2, -0.15) is 0 Å². The molecule has 1 aromatic heterocycles. The highest BCUT2D eigenvalue weighted by atomic mass is 16.5. The number of para-hydroxylation sites is 1. The Balaban J connectivity index is 1.68. The number of aromatic hydroxyl groups is 1. The quantitative estimate of drug-likeness (QED) is 0.773. The van der Waals surface area contributed by atoms with E-state index in [9.17, 15) is 9.90 Å². The summed E-state index contributed by atoms with van der Waals surface area (Å²) in [4.78, 5) is 19.2. The van der Waals surface area contributed by atoms with Crippen molar-refractivity contribution in [2.75, 3.05) is 11.4 Å². The zero-order valence-corrected chi connectivity index (χ0v) is 14.1. The Bertz CT molecular complexity index is 955. The Morgan fingerprint density at radius 2 is 1.96 bits per heavy atom. The number of phenols is 1. The number of aryl methyl sites for hydroxylation is 1. The summed E-state index contributed by atoms with van der Waals surface area (Å²) in [6.45, 7) is 0.663. The molecule has 0 bridgehead atoms. The molecule has 3 aromatic rings. The van der Waals surface area contributed by atoms with Crippen LogP contribution >= 0.6 is 0 Å². The number of hydrogen-bond acceptors (Lipinski definition) is 4. The van der Waals surface area contributed by atoms with Gasteiger partial charge in [0.05, 0.1) is 0 Å². The number of rotatable bonds is 3. The smallest absolute Gasteiger partial charge is 0.263 e. The molecule has 2 aromatic carbocycles. The maximum atomic E-state index is 13.2. The van der Waals surface area contributed by atoms with Gasteiger partial charge in [-0.1, -0.05) is 24.3 Å². The van der Waals surface area contributed by atoms with Crippen molar-refractivity contribution in [1.82, 2.24) is 4.98 Å². The second-order valence-corrected chi connectivity index (χ2v) is 6.14. The van der Waals surface area contributed by atoms with Crippen molar-refractivity contribution in [3.05, 3.63) is 78.0 Å². The summed E-state index contributed by atoms with van der Waals surface area (Å²) in [7, 11) is 0. The fourth-order valence-electron chi connectivity index (χ4n) is 3.18. The zero-order valence-electron chi connectivity index (χ0n) is 14.1. The summed E-state index contributed by atoms with van der Waals surface area (Å²) in [5, 5.41) is 9.61. The Labute approximate surface area is 151 Å². The summed E-state index contributed by atoms with van der Waals surface area (Å²) in [5.74, 6) is 0.611. The molecule has 0 atom stereocenters. The predicted octanol–water partition coefficient (Wildman–Crippen LogP) is 4.17. The van der Waals surface area contributed by atoms with Crippen molar-refractivity contribution in [2.45, 2.75) is 12.8 Å². The topological polar surface area (TPSA) is 62.7 Å². The van der Waals surface area contributed by atoms with Gasteiger partial charge in [0.2, 0.25) is 5.88 Å². The lowest BCUT2D eigenvalue weighted by molar-refractivity contribution is 0.0982. The van der Waals surface area contributed by atoms with E-state index in [0.29, 0.717) is 17.9 Å². The first-order chi connectivity index (χ1) is 12.7. The molecular formula is C21H18N2O3. The first kappa shape index (κ1) is 16.1. The average Bonchev–Trinajstić information content (AvgIpc) is 2.67. The van der Waals surface area contributed by atoms with Gasteiger partial charge >= 0.3 is 0 Å². The molecule has 4 rings (SSSR count). The zero-order chi connectivity index (χ0) is 17.9. The number of amides is 1. The van der Waals surface area contributed by atoms with Crippen molar-refractivity contribution in [1.29, 1.82) is 0 Å². The Morgan fingerprint density at radius 3 is 2.85 bits per heavy atom. The Morgan fingerprint density at radius 1 is 1.08 bits per heavy atom. The number of anilines is 1. The van der Waals surface area contributed by atoms with Crippen LogP contribution < -0.4 is 9.64 Å². The largest absolute Gasteiger partial charge is 0.508 e. The molecule has 0 aliphatic carbocycles. The number of benzene rings is 2. The highest BCUT2D eigenvalue weighted by Gasteiger charge is 2.26. The number of carbonyl (C=O) groups excluding carboxylic acids is 1. The summed E-state index contributed by atoms with van der Waals surface area (Å²) >= 11 is 0. The van der Waals surface area contributed by atoms with Gasteiger partial charge in [0.25, 0.3) is 5.91 Å². The number of fused-ring (bicyclic) bond motifs is 1. The third kappa shape index (κ3) is 3.11. The number of nitrogens with zero attached hydrogens (tertiary/aromatic N) is 2. The summed E-state index contributed by atoms with van der Waals surface area (Å²) in [6.07, 6.45) is 3.48. The lowest BCUT2D eigenvalue weighted by Gasteiger charge is -2.29. The third-order valence-electron chi connectivity index (χ3n) is 4.39. The first-order valence-corrected chi connectivity index (χ1v) is 8.54. The lowest BCUT2D eigenvalue weighted by atomic mass is 10.0. The van der Waals surface area contributed by atoms with Crippen LogP contribution in [0.15, 0.2) is 66.9 Å². The highest BCUT2D eigenvalue weighted by Crippen LogP contribution is 2.31. The molecule has 0 fully saturated rings. The molecule has 1 amide bonds. The van der Waals surface area contributed by atoms with E-state index >= 15 is 0 Å². The van der Waals surface area contributed by atoms with E-state index in [1.54, 1.807) is 41.4 Å². The molecule has 0 saturated heterocycles. The standard InChI is InChI=1S/C21H18N2O3/c24-16-8-3-9-17(14-16)26-20-18(10-4-12-22-20)21(25)23-13-5-7-15-6-1-2-11-19(15)23/h1-4,6,8-12,14,24H,5,7,13H2. The number of aromatic nitrogens is 1.